The monoisotopic (exact) mass is 509 g/mol. The highest BCUT2D eigenvalue weighted by Gasteiger charge is 2.36. The predicted molar refractivity (Wildman–Crippen MR) is 136 cm³/mol. The molecule has 0 unspecified atom stereocenters. The zero-order chi connectivity index (χ0) is 25.8. The van der Waals surface area contributed by atoms with Gasteiger partial charge in [-0.3, -0.25) is 19.3 Å². The summed E-state index contributed by atoms with van der Waals surface area (Å²) >= 11 is 0.742. The SMILES string of the molecule is Cc1cccc(N(C(=O)c2snc(C(N)=O)c2N)[C@@H](C(=O)NC[C@@H]2CCCO2)c2ccc(O)cc2)c1. The summed E-state index contributed by atoms with van der Waals surface area (Å²) in [6.45, 7) is 2.80. The van der Waals surface area contributed by atoms with Gasteiger partial charge in [0.05, 0.1) is 11.8 Å². The van der Waals surface area contributed by atoms with Crippen LogP contribution in [0.1, 0.15) is 50.2 Å². The number of amides is 3. The molecule has 3 aromatic rings. The minimum atomic E-state index is -1.13. The van der Waals surface area contributed by atoms with Crippen molar-refractivity contribution < 1.29 is 24.2 Å². The van der Waals surface area contributed by atoms with E-state index in [4.69, 9.17) is 16.2 Å². The summed E-state index contributed by atoms with van der Waals surface area (Å²) < 4.78 is 9.58. The van der Waals surface area contributed by atoms with Crippen molar-refractivity contribution in [3.8, 4) is 5.75 Å². The highest BCUT2D eigenvalue weighted by Crippen LogP contribution is 2.34. The van der Waals surface area contributed by atoms with Crippen LogP contribution in [0.15, 0.2) is 48.5 Å². The number of nitrogens with two attached hydrogens (primary N) is 2. The largest absolute Gasteiger partial charge is 0.508 e. The van der Waals surface area contributed by atoms with Gasteiger partial charge in [-0.05, 0) is 66.7 Å². The first-order valence-corrected chi connectivity index (χ1v) is 12.2. The van der Waals surface area contributed by atoms with E-state index < -0.39 is 23.8 Å². The zero-order valence-electron chi connectivity index (χ0n) is 19.6. The second-order valence-electron chi connectivity index (χ2n) is 8.53. The molecular formula is C25H27N5O5S. The molecule has 3 amide bonds. The summed E-state index contributed by atoms with van der Waals surface area (Å²) in [5.41, 5.74) is 12.9. The molecule has 11 heteroatoms. The number of ether oxygens (including phenoxy) is 1. The predicted octanol–water partition coefficient (Wildman–Crippen LogP) is 2.52. The normalized spacial score (nSPS) is 15.9. The number of aryl methyl sites for hydroxylation is 1. The first kappa shape index (κ1) is 25.1. The minimum Gasteiger partial charge on any atom is -0.508 e. The van der Waals surface area contributed by atoms with Crippen LogP contribution in [-0.2, 0) is 9.53 Å². The number of phenolic OH excluding ortho intramolecular Hbond substituents is 1. The maximum absolute atomic E-state index is 14.0. The zero-order valence-corrected chi connectivity index (χ0v) is 20.5. The third kappa shape index (κ3) is 5.31. The molecule has 1 fully saturated rings. The van der Waals surface area contributed by atoms with E-state index in [0.29, 0.717) is 17.9 Å². The fraction of sp³-hybridized carbons (Fsp3) is 0.280. The molecule has 0 aliphatic carbocycles. The standard InChI is InChI=1S/C25H27N5O5S/c1-14-4-2-5-16(12-14)30(25(34)22-19(26)20(23(27)32)29-36-22)21(15-7-9-17(31)10-8-15)24(33)28-13-18-6-3-11-35-18/h2,4-5,7-10,12,18,21,31H,3,6,11,13,26H2,1H3,(H2,27,32)(H,28,33)/t18-,21+/m0/s1. The first-order valence-electron chi connectivity index (χ1n) is 11.4. The van der Waals surface area contributed by atoms with E-state index in [-0.39, 0.29) is 34.7 Å². The molecule has 1 aliphatic rings. The highest BCUT2D eigenvalue weighted by molar-refractivity contribution is 7.09. The van der Waals surface area contributed by atoms with Crippen LogP contribution in [0.5, 0.6) is 5.75 Å². The summed E-state index contributed by atoms with van der Waals surface area (Å²) in [6, 6.07) is 12.0. The molecule has 1 aliphatic heterocycles. The molecule has 10 nitrogen and oxygen atoms in total. The summed E-state index contributed by atoms with van der Waals surface area (Å²) in [6.07, 6.45) is 1.65. The molecule has 0 spiro atoms. The number of aromatic nitrogens is 1. The summed E-state index contributed by atoms with van der Waals surface area (Å²) in [7, 11) is 0. The van der Waals surface area contributed by atoms with Crippen LogP contribution < -0.4 is 21.7 Å². The number of carbonyl (C=O) groups excluding carboxylic acids is 3. The van der Waals surface area contributed by atoms with Crippen molar-refractivity contribution in [1.29, 1.82) is 0 Å². The Morgan fingerprint density at radius 2 is 2.00 bits per heavy atom. The van der Waals surface area contributed by atoms with Crippen molar-refractivity contribution >= 4 is 40.6 Å². The number of rotatable bonds is 8. The van der Waals surface area contributed by atoms with Gasteiger partial charge in [0.15, 0.2) is 5.69 Å². The van der Waals surface area contributed by atoms with Crippen molar-refractivity contribution in [2.45, 2.75) is 31.9 Å². The lowest BCUT2D eigenvalue weighted by Gasteiger charge is -2.31. The third-order valence-electron chi connectivity index (χ3n) is 5.90. The summed E-state index contributed by atoms with van der Waals surface area (Å²) in [4.78, 5) is 40.7. The van der Waals surface area contributed by atoms with Gasteiger partial charge in [0.2, 0.25) is 5.91 Å². The number of benzene rings is 2. The van der Waals surface area contributed by atoms with Gasteiger partial charge in [-0.2, -0.15) is 4.37 Å². The minimum absolute atomic E-state index is 0.0130. The highest BCUT2D eigenvalue weighted by atomic mass is 32.1. The van der Waals surface area contributed by atoms with Gasteiger partial charge in [0.25, 0.3) is 11.8 Å². The molecule has 2 heterocycles. The smallest absolute Gasteiger partial charge is 0.273 e. The van der Waals surface area contributed by atoms with Gasteiger partial charge < -0.3 is 26.6 Å². The van der Waals surface area contributed by atoms with Crippen LogP contribution in [0, 0.1) is 6.92 Å². The van der Waals surface area contributed by atoms with Crippen LogP contribution in [0.2, 0.25) is 0 Å². The van der Waals surface area contributed by atoms with Crippen molar-refractivity contribution in [3.63, 3.8) is 0 Å². The van der Waals surface area contributed by atoms with Crippen LogP contribution >= 0.6 is 11.5 Å². The van der Waals surface area contributed by atoms with E-state index in [1.165, 1.54) is 17.0 Å². The van der Waals surface area contributed by atoms with Gasteiger partial charge in [-0.25, -0.2) is 0 Å². The number of aromatic hydroxyl groups is 1. The van der Waals surface area contributed by atoms with E-state index in [2.05, 4.69) is 9.69 Å². The van der Waals surface area contributed by atoms with Crippen molar-refractivity contribution in [2.24, 2.45) is 5.73 Å². The molecule has 0 radical (unpaired) electrons. The van der Waals surface area contributed by atoms with Crippen molar-refractivity contribution in [2.75, 3.05) is 23.8 Å². The van der Waals surface area contributed by atoms with E-state index >= 15 is 0 Å². The Labute approximate surface area is 212 Å². The molecule has 1 aromatic heterocycles. The molecule has 0 bridgehead atoms. The number of primary amides is 1. The number of carbonyl (C=O) groups is 3. The Morgan fingerprint density at radius 3 is 2.61 bits per heavy atom. The van der Waals surface area contributed by atoms with Crippen LogP contribution in [-0.4, -0.2) is 46.5 Å². The van der Waals surface area contributed by atoms with E-state index in [1.807, 2.05) is 13.0 Å². The van der Waals surface area contributed by atoms with Gasteiger partial charge in [0, 0.05) is 18.8 Å². The topological polar surface area (TPSA) is 161 Å². The quantitative estimate of drug-likeness (QED) is 0.363. The Kier molecular flexibility index (Phi) is 7.51. The van der Waals surface area contributed by atoms with E-state index in [0.717, 1.165) is 29.9 Å². The number of nitrogens with one attached hydrogen (secondary N) is 1. The van der Waals surface area contributed by atoms with Crippen LogP contribution in [0.25, 0.3) is 0 Å². The Balaban J connectivity index is 1.80. The summed E-state index contributed by atoms with van der Waals surface area (Å²) in [5.74, 6) is -1.89. The number of hydrogen-bond acceptors (Lipinski definition) is 8. The van der Waals surface area contributed by atoms with Crippen LogP contribution in [0.3, 0.4) is 0 Å². The number of nitrogen functional groups attached to an aromatic ring is 1. The Hall–Kier alpha value is -3.96. The maximum Gasteiger partial charge on any atom is 0.273 e. The molecule has 2 atom stereocenters. The lowest BCUT2D eigenvalue weighted by molar-refractivity contribution is -0.123. The first-order chi connectivity index (χ1) is 17.3. The van der Waals surface area contributed by atoms with Crippen molar-refractivity contribution in [3.05, 3.63) is 70.2 Å². The maximum atomic E-state index is 14.0. The van der Waals surface area contributed by atoms with Gasteiger partial charge in [0.1, 0.15) is 16.7 Å². The fourth-order valence-corrected chi connectivity index (χ4v) is 4.83. The van der Waals surface area contributed by atoms with Crippen LogP contribution in [0.4, 0.5) is 11.4 Å². The molecule has 6 N–H and O–H groups in total. The van der Waals surface area contributed by atoms with E-state index in [9.17, 15) is 19.5 Å². The third-order valence-corrected chi connectivity index (χ3v) is 6.75. The number of hydrogen-bond donors (Lipinski definition) is 4. The second kappa shape index (κ2) is 10.8. The van der Waals surface area contributed by atoms with Gasteiger partial charge in [-0.1, -0.05) is 24.3 Å². The molecule has 36 heavy (non-hydrogen) atoms. The molecule has 2 aromatic carbocycles. The average Bonchev–Trinajstić information content (AvgIpc) is 3.51. The Bertz CT molecular complexity index is 1270. The number of nitrogens with zero attached hydrogens (tertiary/aromatic N) is 2. The lowest BCUT2D eigenvalue weighted by Crippen LogP contribution is -2.45. The molecule has 188 valence electrons. The fourth-order valence-electron chi connectivity index (χ4n) is 4.09. The molecular weight excluding hydrogens is 482 g/mol. The second-order valence-corrected chi connectivity index (χ2v) is 9.30. The lowest BCUT2D eigenvalue weighted by atomic mass is 10.0. The molecule has 0 saturated carbocycles. The number of phenols is 1. The molecule has 4 rings (SSSR count). The van der Waals surface area contributed by atoms with Crippen molar-refractivity contribution in [1.82, 2.24) is 9.69 Å². The Morgan fingerprint density at radius 1 is 1.25 bits per heavy atom. The number of anilines is 2. The molecule has 1 saturated heterocycles. The van der Waals surface area contributed by atoms with Gasteiger partial charge >= 0.3 is 0 Å². The average molecular weight is 510 g/mol. The summed E-state index contributed by atoms with van der Waals surface area (Å²) in [5, 5.41) is 12.7. The van der Waals surface area contributed by atoms with E-state index in [1.54, 1.807) is 30.3 Å². The van der Waals surface area contributed by atoms with Gasteiger partial charge in [-0.15, -0.1) is 0 Å².